The standard InChI is InChI=1S/C11H24N2O/c1-9(14-11(2,3)4)13-7-5-10(12)6-8-13/h9-10H,5-8,12H2,1-4H3/t9-/m1/s1. The second-order valence-electron chi connectivity index (χ2n) is 5.20. The summed E-state index contributed by atoms with van der Waals surface area (Å²) >= 11 is 0. The van der Waals surface area contributed by atoms with Crippen molar-refractivity contribution in [1.29, 1.82) is 0 Å². The summed E-state index contributed by atoms with van der Waals surface area (Å²) in [7, 11) is 0. The van der Waals surface area contributed by atoms with Crippen LogP contribution in [0.2, 0.25) is 0 Å². The van der Waals surface area contributed by atoms with E-state index in [1.165, 1.54) is 0 Å². The van der Waals surface area contributed by atoms with Crippen LogP contribution in [0.25, 0.3) is 0 Å². The number of nitrogens with zero attached hydrogens (tertiary/aromatic N) is 1. The molecule has 0 aliphatic carbocycles. The molecule has 84 valence electrons. The van der Waals surface area contributed by atoms with Crippen LogP contribution in [-0.4, -0.2) is 35.9 Å². The molecule has 1 rings (SSSR count). The molecule has 1 heterocycles. The molecule has 0 spiro atoms. The third-order valence-electron chi connectivity index (χ3n) is 2.61. The number of hydrogen-bond acceptors (Lipinski definition) is 3. The number of nitrogens with two attached hydrogens (primary N) is 1. The molecule has 14 heavy (non-hydrogen) atoms. The summed E-state index contributed by atoms with van der Waals surface area (Å²) in [5.74, 6) is 0. The fourth-order valence-electron chi connectivity index (χ4n) is 1.87. The molecule has 0 bridgehead atoms. The highest BCUT2D eigenvalue weighted by Crippen LogP contribution is 2.17. The second kappa shape index (κ2) is 4.60. The first kappa shape index (κ1) is 12.0. The zero-order chi connectivity index (χ0) is 10.8. The summed E-state index contributed by atoms with van der Waals surface area (Å²) in [5, 5.41) is 0. The van der Waals surface area contributed by atoms with Gasteiger partial charge in [0.05, 0.1) is 5.60 Å². The first-order valence-electron chi connectivity index (χ1n) is 5.56. The molecule has 0 unspecified atom stereocenters. The smallest absolute Gasteiger partial charge is 0.108 e. The molecular formula is C11H24N2O. The Morgan fingerprint density at radius 3 is 2.21 bits per heavy atom. The zero-order valence-corrected chi connectivity index (χ0v) is 9.92. The molecule has 1 aliphatic rings. The van der Waals surface area contributed by atoms with E-state index in [0.717, 1.165) is 25.9 Å². The van der Waals surface area contributed by atoms with Crippen LogP contribution in [0.3, 0.4) is 0 Å². The van der Waals surface area contributed by atoms with E-state index in [0.29, 0.717) is 6.04 Å². The van der Waals surface area contributed by atoms with Crippen LogP contribution in [-0.2, 0) is 4.74 Å². The first-order chi connectivity index (χ1) is 6.38. The van der Waals surface area contributed by atoms with Gasteiger partial charge in [0.2, 0.25) is 0 Å². The lowest BCUT2D eigenvalue weighted by Crippen LogP contribution is -2.46. The highest BCUT2D eigenvalue weighted by molar-refractivity contribution is 4.75. The van der Waals surface area contributed by atoms with E-state index in [1.807, 2.05) is 0 Å². The van der Waals surface area contributed by atoms with Crippen molar-refractivity contribution >= 4 is 0 Å². The van der Waals surface area contributed by atoms with Gasteiger partial charge in [0, 0.05) is 19.1 Å². The molecule has 2 N–H and O–H groups in total. The molecule has 3 heteroatoms. The Kier molecular flexibility index (Phi) is 3.93. The first-order valence-corrected chi connectivity index (χ1v) is 5.56. The van der Waals surface area contributed by atoms with E-state index < -0.39 is 0 Å². The van der Waals surface area contributed by atoms with Gasteiger partial charge in [-0.05, 0) is 40.5 Å². The van der Waals surface area contributed by atoms with Gasteiger partial charge in [-0.3, -0.25) is 4.90 Å². The number of piperidine rings is 1. The van der Waals surface area contributed by atoms with Gasteiger partial charge in [0.1, 0.15) is 6.23 Å². The topological polar surface area (TPSA) is 38.5 Å². The predicted molar refractivity (Wildman–Crippen MR) is 59.1 cm³/mol. The van der Waals surface area contributed by atoms with E-state index in [9.17, 15) is 0 Å². The Bertz CT molecular complexity index is 169. The second-order valence-corrected chi connectivity index (χ2v) is 5.20. The van der Waals surface area contributed by atoms with Crippen molar-refractivity contribution in [3.8, 4) is 0 Å². The molecule has 3 nitrogen and oxygen atoms in total. The molecule has 0 aromatic heterocycles. The normalized spacial score (nSPS) is 23.8. The van der Waals surface area contributed by atoms with Crippen molar-refractivity contribution in [3.05, 3.63) is 0 Å². The van der Waals surface area contributed by atoms with Crippen molar-refractivity contribution in [3.63, 3.8) is 0 Å². The molecular weight excluding hydrogens is 176 g/mol. The van der Waals surface area contributed by atoms with Gasteiger partial charge in [-0.15, -0.1) is 0 Å². The van der Waals surface area contributed by atoms with Crippen LogP contribution in [0.15, 0.2) is 0 Å². The average molecular weight is 200 g/mol. The highest BCUT2D eigenvalue weighted by Gasteiger charge is 2.24. The van der Waals surface area contributed by atoms with E-state index in [2.05, 4.69) is 32.6 Å². The zero-order valence-electron chi connectivity index (χ0n) is 9.92. The number of hydrogen-bond donors (Lipinski definition) is 1. The molecule has 0 aromatic carbocycles. The Balaban J connectivity index is 2.34. The van der Waals surface area contributed by atoms with Crippen LogP contribution >= 0.6 is 0 Å². The highest BCUT2D eigenvalue weighted by atomic mass is 16.5. The van der Waals surface area contributed by atoms with Crippen molar-refractivity contribution in [2.75, 3.05) is 13.1 Å². The Hall–Kier alpha value is -0.120. The van der Waals surface area contributed by atoms with Gasteiger partial charge in [0.25, 0.3) is 0 Å². The minimum atomic E-state index is -0.0566. The van der Waals surface area contributed by atoms with Gasteiger partial charge >= 0.3 is 0 Å². The van der Waals surface area contributed by atoms with E-state index in [1.54, 1.807) is 0 Å². The summed E-state index contributed by atoms with van der Waals surface area (Å²) < 4.78 is 5.90. The molecule has 1 atom stereocenters. The fourth-order valence-corrected chi connectivity index (χ4v) is 1.87. The maximum Gasteiger partial charge on any atom is 0.108 e. The van der Waals surface area contributed by atoms with Crippen molar-refractivity contribution in [2.24, 2.45) is 5.73 Å². The molecule has 0 amide bonds. The number of likely N-dealkylation sites (tertiary alicyclic amines) is 1. The number of ether oxygens (including phenoxy) is 1. The molecule has 1 fully saturated rings. The summed E-state index contributed by atoms with van der Waals surface area (Å²) in [4.78, 5) is 2.37. The van der Waals surface area contributed by atoms with Gasteiger partial charge in [-0.25, -0.2) is 0 Å². The molecule has 1 aliphatic heterocycles. The van der Waals surface area contributed by atoms with Gasteiger partial charge in [0.15, 0.2) is 0 Å². The van der Waals surface area contributed by atoms with Crippen LogP contribution in [0.1, 0.15) is 40.5 Å². The van der Waals surface area contributed by atoms with Gasteiger partial charge < -0.3 is 10.5 Å². The van der Waals surface area contributed by atoms with Crippen molar-refractivity contribution in [2.45, 2.75) is 58.4 Å². The van der Waals surface area contributed by atoms with Crippen LogP contribution in [0.5, 0.6) is 0 Å². The Labute approximate surface area is 87.6 Å². The van der Waals surface area contributed by atoms with Crippen LogP contribution in [0, 0.1) is 0 Å². The predicted octanol–water partition coefficient (Wildman–Crippen LogP) is 1.57. The molecule has 0 radical (unpaired) electrons. The summed E-state index contributed by atoms with van der Waals surface area (Å²) in [6.07, 6.45) is 2.40. The quantitative estimate of drug-likeness (QED) is 0.735. The Morgan fingerprint density at radius 2 is 1.79 bits per heavy atom. The van der Waals surface area contributed by atoms with Crippen LogP contribution in [0.4, 0.5) is 0 Å². The summed E-state index contributed by atoms with van der Waals surface area (Å²) in [6, 6.07) is 0.396. The van der Waals surface area contributed by atoms with E-state index in [-0.39, 0.29) is 11.8 Å². The van der Waals surface area contributed by atoms with Crippen molar-refractivity contribution in [1.82, 2.24) is 4.90 Å². The fraction of sp³-hybridized carbons (Fsp3) is 1.00. The lowest BCUT2D eigenvalue weighted by Gasteiger charge is -2.37. The van der Waals surface area contributed by atoms with E-state index in [4.69, 9.17) is 10.5 Å². The average Bonchev–Trinajstić information content (AvgIpc) is 2.02. The van der Waals surface area contributed by atoms with Gasteiger partial charge in [-0.1, -0.05) is 0 Å². The maximum absolute atomic E-state index is 5.90. The summed E-state index contributed by atoms with van der Waals surface area (Å²) in [5.41, 5.74) is 5.80. The number of rotatable bonds is 2. The van der Waals surface area contributed by atoms with Crippen molar-refractivity contribution < 1.29 is 4.74 Å². The van der Waals surface area contributed by atoms with Gasteiger partial charge in [-0.2, -0.15) is 0 Å². The third kappa shape index (κ3) is 3.95. The van der Waals surface area contributed by atoms with Crippen LogP contribution < -0.4 is 5.73 Å². The molecule has 0 saturated carbocycles. The summed E-state index contributed by atoms with van der Waals surface area (Å²) in [6.45, 7) is 10.6. The van der Waals surface area contributed by atoms with E-state index >= 15 is 0 Å². The Morgan fingerprint density at radius 1 is 1.29 bits per heavy atom. The lowest BCUT2D eigenvalue weighted by atomic mass is 10.1. The monoisotopic (exact) mass is 200 g/mol. The molecule has 1 saturated heterocycles. The largest absolute Gasteiger partial charge is 0.358 e. The SMILES string of the molecule is C[C@@H](OC(C)(C)C)N1CCC(N)CC1. The molecule has 0 aromatic rings. The lowest BCUT2D eigenvalue weighted by molar-refractivity contribution is -0.128. The minimum Gasteiger partial charge on any atom is -0.358 e. The third-order valence-corrected chi connectivity index (χ3v) is 2.61. The maximum atomic E-state index is 5.90. The minimum absolute atomic E-state index is 0.0566.